The van der Waals surface area contributed by atoms with E-state index in [1.807, 2.05) is 6.92 Å². The number of nitrogens with one attached hydrogen (secondary N) is 3. The van der Waals surface area contributed by atoms with Crippen molar-refractivity contribution in [1.29, 1.82) is 0 Å². The summed E-state index contributed by atoms with van der Waals surface area (Å²) in [7, 11) is 0. The number of hydrogen-bond donors (Lipinski definition) is 4. The smallest absolute Gasteiger partial charge is 0.316 e. The fourth-order valence-electron chi connectivity index (χ4n) is 2.36. The molecule has 7 heteroatoms. The number of carbonyl (C=O) groups excluding carboxylic acids is 2. The number of rotatable bonds is 2. The quantitative estimate of drug-likeness (QED) is 0.630. The standard InChI is InChI=1S/C14H13N5O2/c1-7(11-5-16-6-17-11)12-9-4-8(18-14(15)21)2-3-10(9)19-13(12)20/h2-6H,1H3,(H,16,17)(H,19,20)(H3,15,18,21)/b12-7-. The van der Waals surface area contributed by atoms with Crippen LogP contribution in [0.2, 0.25) is 0 Å². The first kappa shape index (κ1) is 12.9. The molecule has 2 aromatic rings. The highest BCUT2D eigenvalue weighted by Crippen LogP contribution is 2.37. The fourth-order valence-corrected chi connectivity index (χ4v) is 2.36. The molecule has 21 heavy (non-hydrogen) atoms. The summed E-state index contributed by atoms with van der Waals surface area (Å²) in [6.45, 7) is 1.84. The van der Waals surface area contributed by atoms with Crippen molar-refractivity contribution in [2.24, 2.45) is 5.73 Å². The molecule has 1 aliphatic heterocycles. The lowest BCUT2D eigenvalue weighted by Crippen LogP contribution is -2.19. The maximum absolute atomic E-state index is 12.2. The molecule has 1 aromatic heterocycles. The van der Waals surface area contributed by atoms with E-state index < -0.39 is 6.03 Å². The molecular formula is C14H13N5O2. The van der Waals surface area contributed by atoms with E-state index in [0.29, 0.717) is 16.9 Å². The summed E-state index contributed by atoms with van der Waals surface area (Å²) >= 11 is 0. The normalized spacial score (nSPS) is 15.4. The molecular weight excluding hydrogens is 270 g/mol. The number of primary amides is 1. The van der Waals surface area contributed by atoms with E-state index in [9.17, 15) is 9.59 Å². The van der Waals surface area contributed by atoms with Gasteiger partial charge in [0.2, 0.25) is 0 Å². The first-order chi connectivity index (χ1) is 10.1. The number of hydrogen-bond acceptors (Lipinski definition) is 3. The van der Waals surface area contributed by atoms with Gasteiger partial charge in [-0.1, -0.05) is 0 Å². The van der Waals surface area contributed by atoms with E-state index in [-0.39, 0.29) is 5.91 Å². The van der Waals surface area contributed by atoms with Gasteiger partial charge in [-0.2, -0.15) is 0 Å². The van der Waals surface area contributed by atoms with Crippen LogP contribution in [0.25, 0.3) is 11.1 Å². The number of amides is 3. The Balaban J connectivity index is 2.12. The Bertz CT molecular complexity index is 762. The summed E-state index contributed by atoms with van der Waals surface area (Å²) in [5.74, 6) is -0.187. The average Bonchev–Trinajstić information content (AvgIpc) is 3.04. The zero-order chi connectivity index (χ0) is 15.0. The number of fused-ring (bicyclic) bond motifs is 1. The number of nitrogens with zero attached hydrogens (tertiary/aromatic N) is 1. The number of urea groups is 1. The second-order valence-corrected chi connectivity index (χ2v) is 4.67. The van der Waals surface area contributed by atoms with E-state index >= 15 is 0 Å². The van der Waals surface area contributed by atoms with E-state index in [0.717, 1.165) is 16.8 Å². The maximum Gasteiger partial charge on any atom is 0.316 e. The number of benzene rings is 1. The van der Waals surface area contributed by atoms with Crippen LogP contribution in [0.4, 0.5) is 16.2 Å². The number of aromatic amines is 1. The number of nitrogens with two attached hydrogens (primary N) is 1. The Labute approximate surface area is 120 Å². The number of aromatic nitrogens is 2. The van der Waals surface area contributed by atoms with Crippen LogP contribution in [-0.2, 0) is 4.79 Å². The number of carbonyl (C=O) groups is 2. The van der Waals surface area contributed by atoms with Gasteiger partial charge < -0.3 is 21.4 Å². The van der Waals surface area contributed by atoms with Gasteiger partial charge in [0.1, 0.15) is 0 Å². The van der Waals surface area contributed by atoms with Crippen molar-refractivity contribution < 1.29 is 9.59 Å². The van der Waals surface area contributed by atoms with Gasteiger partial charge >= 0.3 is 6.03 Å². The third-order valence-electron chi connectivity index (χ3n) is 3.31. The highest BCUT2D eigenvalue weighted by molar-refractivity contribution is 6.36. The zero-order valence-electron chi connectivity index (χ0n) is 11.2. The van der Waals surface area contributed by atoms with Crippen LogP contribution in [-0.4, -0.2) is 21.9 Å². The van der Waals surface area contributed by atoms with Crippen molar-refractivity contribution in [3.8, 4) is 0 Å². The minimum absolute atomic E-state index is 0.187. The minimum Gasteiger partial charge on any atom is -0.351 e. The third kappa shape index (κ3) is 2.25. The highest BCUT2D eigenvalue weighted by Gasteiger charge is 2.27. The van der Waals surface area contributed by atoms with Gasteiger partial charge in [0.05, 0.1) is 23.8 Å². The molecule has 0 spiro atoms. The molecule has 0 unspecified atom stereocenters. The van der Waals surface area contributed by atoms with Crippen LogP contribution in [0.5, 0.6) is 0 Å². The van der Waals surface area contributed by atoms with Crippen molar-refractivity contribution in [2.45, 2.75) is 6.92 Å². The van der Waals surface area contributed by atoms with Gasteiger partial charge in [0.15, 0.2) is 0 Å². The molecule has 0 saturated heterocycles. The van der Waals surface area contributed by atoms with Gasteiger partial charge in [0, 0.05) is 16.9 Å². The Kier molecular flexibility index (Phi) is 2.94. The van der Waals surface area contributed by atoms with Crippen molar-refractivity contribution in [1.82, 2.24) is 9.97 Å². The first-order valence-corrected chi connectivity index (χ1v) is 6.28. The summed E-state index contributed by atoms with van der Waals surface area (Å²) in [6.07, 6.45) is 3.21. The monoisotopic (exact) mass is 283 g/mol. The summed E-state index contributed by atoms with van der Waals surface area (Å²) in [5.41, 5.74) is 9.15. The Morgan fingerprint density at radius 3 is 2.86 bits per heavy atom. The predicted octanol–water partition coefficient (Wildman–Crippen LogP) is 1.78. The molecule has 1 aliphatic rings. The van der Waals surface area contributed by atoms with E-state index in [2.05, 4.69) is 20.6 Å². The molecule has 3 amide bonds. The van der Waals surface area contributed by atoms with Gasteiger partial charge in [-0.05, 0) is 30.7 Å². The molecule has 7 nitrogen and oxygen atoms in total. The van der Waals surface area contributed by atoms with E-state index in [1.165, 1.54) is 0 Å². The average molecular weight is 283 g/mol. The molecule has 2 heterocycles. The second kappa shape index (κ2) is 4.78. The van der Waals surface area contributed by atoms with Crippen LogP contribution < -0.4 is 16.4 Å². The fraction of sp³-hybridized carbons (Fsp3) is 0.0714. The zero-order valence-corrected chi connectivity index (χ0v) is 11.2. The van der Waals surface area contributed by atoms with Gasteiger partial charge in [-0.15, -0.1) is 0 Å². The van der Waals surface area contributed by atoms with Crippen LogP contribution in [0.1, 0.15) is 18.2 Å². The molecule has 1 aromatic carbocycles. The van der Waals surface area contributed by atoms with Crippen LogP contribution in [0.15, 0.2) is 30.7 Å². The number of H-pyrrole nitrogens is 1. The molecule has 3 rings (SSSR count). The predicted molar refractivity (Wildman–Crippen MR) is 79.4 cm³/mol. The Morgan fingerprint density at radius 2 is 2.19 bits per heavy atom. The van der Waals surface area contributed by atoms with Crippen LogP contribution >= 0.6 is 0 Å². The highest BCUT2D eigenvalue weighted by atomic mass is 16.2. The number of imidazole rings is 1. The third-order valence-corrected chi connectivity index (χ3v) is 3.31. The van der Waals surface area contributed by atoms with Crippen molar-refractivity contribution >= 4 is 34.5 Å². The summed E-state index contributed by atoms with van der Waals surface area (Å²) in [4.78, 5) is 30.1. The van der Waals surface area contributed by atoms with E-state index in [1.54, 1.807) is 30.7 Å². The molecule has 0 atom stereocenters. The van der Waals surface area contributed by atoms with Crippen molar-refractivity contribution in [3.05, 3.63) is 42.0 Å². The van der Waals surface area contributed by atoms with Crippen molar-refractivity contribution in [3.63, 3.8) is 0 Å². The molecule has 0 bridgehead atoms. The molecule has 5 N–H and O–H groups in total. The molecule has 0 radical (unpaired) electrons. The summed E-state index contributed by atoms with van der Waals surface area (Å²) in [5, 5.41) is 5.30. The number of anilines is 2. The molecule has 106 valence electrons. The topological polar surface area (TPSA) is 113 Å². The van der Waals surface area contributed by atoms with E-state index in [4.69, 9.17) is 5.73 Å². The summed E-state index contributed by atoms with van der Waals surface area (Å²) in [6, 6.07) is 4.47. The van der Waals surface area contributed by atoms with Gasteiger partial charge in [-0.3, -0.25) is 4.79 Å². The maximum atomic E-state index is 12.2. The summed E-state index contributed by atoms with van der Waals surface area (Å²) < 4.78 is 0. The first-order valence-electron chi connectivity index (χ1n) is 6.28. The Hall–Kier alpha value is -3.09. The molecule has 0 saturated carbocycles. The van der Waals surface area contributed by atoms with Crippen LogP contribution in [0.3, 0.4) is 0 Å². The lowest BCUT2D eigenvalue weighted by Gasteiger charge is -2.06. The van der Waals surface area contributed by atoms with Crippen LogP contribution in [0, 0.1) is 0 Å². The van der Waals surface area contributed by atoms with Gasteiger partial charge in [-0.25, -0.2) is 9.78 Å². The lowest BCUT2D eigenvalue weighted by atomic mass is 10.00. The minimum atomic E-state index is -0.650. The SMILES string of the molecule is C/C(=C1/C(=O)Nc2ccc(NC(N)=O)cc21)c1cnc[nH]1. The Morgan fingerprint density at radius 1 is 1.38 bits per heavy atom. The van der Waals surface area contributed by atoms with Crippen molar-refractivity contribution in [2.75, 3.05) is 10.6 Å². The number of allylic oxidation sites excluding steroid dienone is 1. The molecule has 0 fully saturated rings. The molecule has 0 aliphatic carbocycles. The lowest BCUT2D eigenvalue weighted by molar-refractivity contribution is -0.110. The van der Waals surface area contributed by atoms with Gasteiger partial charge in [0.25, 0.3) is 5.91 Å². The largest absolute Gasteiger partial charge is 0.351 e. The second-order valence-electron chi connectivity index (χ2n) is 4.67.